The van der Waals surface area contributed by atoms with Crippen molar-refractivity contribution >= 4 is 35.5 Å². The van der Waals surface area contributed by atoms with E-state index < -0.39 is 41.1 Å². The van der Waals surface area contributed by atoms with Crippen molar-refractivity contribution in [3.05, 3.63) is 29.1 Å². The van der Waals surface area contributed by atoms with E-state index in [1.165, 1.54) is 6.92 Å². The molecule has 0 saturated carbocycles. The second-order valence-corrected chi connectivity index (χ2v) is 9.25. The van der Waals surface area contributed by atoms with E-state index in [2.05, 4.69) is 5.32 Å². The minimum Gasteiger partial charge on any atom is -0.351 e. The molecular formula is C11H13ClFNO5S2. The van der Waals surface area contributed by atoms with Crippen LogP contribution < -0.4 is 5.32 Å². The molecule has 1 aromatic carbocycles. The van der Waals surface area contributed by atoms with Crippen LogP contribution in [0, 0.1) is 12.7 Å². The highest BCUT2D eigenvalue weighted by Gasteiger charge is 2.20. The van der Waals surface area contributed by atoms with Crippen molar-refractivity contribution in [2.24, 2.45) is 0 Å². The Balaban J connectivity index is 3.07. The molecule has 0 aliphatic heterocycles. The number of amides is 1. The predicted octanol–water partition coefficient (Wildman–Crippen LogP) is 0.836. The third kappa shape index (κ3) is 5.25. The van der Waals surface area contributed by atoms with Gasteiger partial charge in [-0.25, -0.2) is 21.2 Å². The van der Waals surface area contributed by atoms with E-state index in [9.17, 15) is 26.0 Å². The van der Waals surface area contributed by atoms with Crippen LogP contribution in [0.5, 0.6) is 0 Å². The second kappa shape index (κ2) is 6.29. The van der Waals surface area contributed by atoms with Gasteiger partial charge in [0, 0.05) is 23.5 Å². The fraction of sp³-hybridized carbons (Fsp3) is 0.364. The van der Waals surface area contributed by atoms with Crippen LogP contribution in [-0.4, -0.2) is 41.3 Å². The standard InChI is InChI=1S/C11H13ClFNO5S2/c1-7-5-8(21(12,18)19)6-9(10(7)13)11(15)14-3-4-20(2,16)17/h5-6H,3-4H2,1-2H3,(H,14,15). The topological polar surface area (TPSA) is 97.4 Å². The first kappa shape index (κ1) is 17.9. The maximum absolute atomic E-state index is 13.9. The van der Waals surface area contributed by atoms with Gasteiger partial charge in [-0.05, 0) is 24.6 Å². The fourth-order valence-electron chi connectivity index (χ4n) is 1.49. The van der Waals surface area contributed by atoms with E-state index in [-0.39, 0.29) is 17.9 Å². The Labute approximate surface area is 126 Å². The van der Waals surface area contributed by atoms with Gasteiger partial charge in [-0.1, -0.05) is 0 Å². The Morgan fingerprint density at radius 2 is 1.86 bits per heavy atom. The second-order valence-electron chi connectivity index (χ2n) is 4.43. The molecule has 1 aromatic rings. The maximum atomic E-state index is 13.9. The highest BCUT2D eigenvalue weighted by Crippen LogP contribution is 2.22. The summed E-state index contributed by atoms with van der Waals surface area (Å²) in [7, 11) is -2.23. The third-order valence-corrected chi connectivity index (χ3v) is 4.79. The summed E-state index contributed by atoms with van der Waals surface area (Å²) in [5.41, 5.74) is -0.576. The zero-order chi connectivity index (χ0) is 16.4. The molecule has 1 N–H and O–H groups in total. The molecule has 0 bridgehead atoms. The molecule has 1 rings (SSSR count). The molecule has 0 unspecified atom stereocenters. The lowest BCUT2D eigenvalue weighted by Crippen LogP contribution is -2.29. The largest absolute Gasteiger partial charge is 0.351 e. The van der Waals surface area contributed by atoms with Gasteiger partial charge in [0.15, 0.2) is 0 Å². The van der Waals surface area contributed by atoms with Gasteiger partial charge in [-0.2, -0.15) is 0 Å². The fourth-order valence-corrected chi connectivity index (χ4v) is 2.80. The molecule has 0 aliphatic carbocycles. The highest BCUT2D eigenvalue weighted by molar-refractivity contribution is 8.13. The zero-order valence-corrected chi connectivity index (χ0v) is 13.6. The van der Waals surface area contributed by atoms with E-state index in [0.29, 0.717) is 0 Å². The summed E-state index contributed by atoms with van der Waals surface area (Å²) in [6, 6.07) is 1.81. The van der Waals surface area contributed by atoms with Gasteiger partial charge >= 0.3 is 0 Å². The molecule has 0 fully saturated rings. The van der Waals surface area contributed by atoms with E-state index >= 15 is 0 Å². The molecule has 0 heterocycles. The van der Waals surface area contributed by atoms with Gasteiger partial charge in [0.2, 0.25) is 0 Å². The average Bonchev–Trinajstić information content (AvgIpc) is 2.29. The quantitative estimate of drug-likeness (QED) is 0.787. The first-order valence-electron chi connectivity index (χ1n) is 5.62. The molecule has 0 aromatic heterocycles. The number of carbonyl (C=O) groups excluding carboxylic acids is 1. The van der Waals surface area contributed by atoms with Crippen LogP contribution in [0.1, 0.15) is 15.9 Å². The van der Waals surface area contributed by atoms with Crippen molar-refractivity contribution in [2.75, 3.05) is 18.6 Å². The van der Waals surface area contributed by atoms with Crippen molar-refractivity contribution < 1.29 is 26.0 Å². The molecule has 118 valence electrons. The van der Waals surface area contributed by atoms with Crippen LogP contribution in [0.25, 0.3) is 0 Å². The summed E-state index contributed by atoms with van der Waals surface area (Å²) in [4.78, 5) is 11.4. The van der Waals surface area contributed by atoms with E-state index in [4.69, 9.17) is 10.7 Å². The summed E-state index contributed by atoms with van der Waals surface area (Å²) in [5.74, 6) is -2.12. The maximum Gasteiger partial charge on any atom is 0.261 e. The molecule has 21 heavy (non-hydrogen) atoms. The first-order valence-corrected chi connectivity index (χ1v) is 9.99. The van der Waals surface area contributed by atoms with E-state index in [1.54, 1.807) is 0 Å². The Morgan fingerprint density at radius 3 is 2.33 bits per heavy atom. The Morgan fingerprint density at radius 1 is 1.29 bits per heavy atom. The molecule has 0 aliphatic rings. The SMILES string of the molecule is Cc1cc(S(=O)(=O)Cl)cc(C(=O)NCCS(C)(=O)=O)c1F. The average molecular weight is 358 g/mol. The highest BCUT2D eigenvalue weighted by atomic mass is 35.7. The summed E-state index contributed by atoms with van der Waals surface area (Å²) in [5, 5.41) is 2.21. The lowest BCUT2D eigenvalue weighted by Gasteiger charge is -2.09. The Bertz CT molecular complexity index is 774. The van der Waals surface area contributed by atoms with Crippen LogP contribution in [0.2, 0.25) is 0 Å². The molecule has 0 radical (unpaired) electrons. The zero-order valence-electron chi connectivity index (χ0n) is 11.2. The van der Waals surface area contributed by atoms with Crippen molar-refractivity contribution in [2.45, 2.75) is 11.8 Å². The Hall–Kier alpha value is -1.19. The van der Waals surface area contributed by atoms with Gasteiger partial charge < -0.3 is 5.32 Å². The van der Waals surface area contributed by atoms with Crippen LogP contribution in [0.3, 0.4) is 0 Å². The number of halogens is 2. The number of rotatable bonds is 5. The van der Waals surface area contributed by atoms with Crippen LogP contribution >= 0.6 is 10.7 Å². The Kier molecular flexibility index (Phi) is 5.35. The number of hydrogen-bond acceptors (Lipinski definition) is 5. The molecular weight excluding hydrogens is 345 g/mol. The molecule has 0 saturated heterocycles. The predicted molar refractivity (Wildman–Crippen MR) is 76.2 cm³/mol. The molecule has 0 spiro atoms. The van der Waals surface area contributed by atoms with Crippen molar-refractivity contribution in [1.82, 2.24) is 5.32 Å². The van der Waals surface area contributed by atoms with Gasteiger partial charge in [0.25, 0.3) is 15.0 Å². The minimum absolute atomic E-state index is 0.0648. The summed E-state index contributed by atoms with van der Waals surface area (Å²) in [6.45, 7) is 1.07. The van der Waals surface area contributed by atoms with Crippen LogP contribution in [-0.2, 0) is 18.9 Å². The number of sulfone groups is 1. The number of nitrogens with one attached hydrogen (secondary N) is 1. The monoisotopic (exact) mass is 357 g/mol. The molecule has 0 atom stereocenters. The van der Waals surface area contributed by atoms with Gasteiger partial charge in [-0.15, -0.1) is 0 Å². The van der Waals surface area contributed by atoms with Crippen LogP contribution in [0.4, 0.5) is 4.39 Å². The van der Waals surface area contributed by atoms with Crippen LogP contribution in [0.15, 0.2) is 17.0 Å². The summed E-state index contributed by atoms with van der Waals surface area (Å²) >= 11 is 0. The van der Waals surface area contributed by atoms with Crippen molar-refractivity contribution in [3.63, 3.8) is 0 Å². The van der Waals surface area contributed by atoms with Gasteiger partial charge in [0.05, 0.1) is 16.2 Å². The molecule has 6 nitrogen and oxygen atoms in total. The lowest BCUT2D eigenvalue weighted by atomic mass is 10.1. The summed E-state index contributed by atoms with van der Waals surface area (Å²) < 4.78 is 58.2. The lowest BCUT2D eigenvalue weighted by molar-refractivity contribution is 0.0951. The smallest absolute Gasteiger partial charge is 0.261 e. The number of benzene rings is 1. The van der Waals surface area contributed by atoms with E-state index in [0.717, 1.165) is 18.4 Å². The normalized spacial score (nSPS) is 12.2. The molecule has 1 amide bonds. The van der Waals surface area contributed by atoms with Crippen molar-refractivity contribution in [3.8, 4) is 0 Å². The van der Waals surface area contributed by atoms with Crippen molar-refractivity contribution in [1.29, 1.82) is 0 Å². The first-order chi connectivity index (χ1) is 9.42. The number of hydrogen-bond donors (Lipinski definition) is 1. The number of aryl methyl sites for hydroxylation is 1. The van der Waals surface area contributed by atoms with Gasteiger partial charge in [-0.3, -0.25) is 4.79 Å². The summed E-state index contributed by atoms with van der Waals surface area (Å²) in [6.07, 6.45) is 0.991. The van der Waals surface area contributed by atoms with E-state index in [1.807, 2.05) is 0 Å². The molecule has 10 heteroatoms. The number of carbonyl (C=O) groups is 1. The minimum atomic E-state index is -4.11. The third-order valence-electron chi connectivity index (χ3n) is 2.51. The van der Waals surface area contributed by atoms with Gasteiger partial charge in [0.1, 0.15) is 15.7 Å².